The van der Waals surface area contributed by atoms with Gasteiger partial charge in [-0.1, -0.05) is 18.2 Å². The third kappa shape index (κ3) is 3.67. The number of aromatic nitrogens is 1. The molecule has 0 fully saturated rings. The molecule has 0 unspecified atom stereocenters. The number of nitrogens with one attached hydrogen (secondary N) is 2. The second-order valence-corrected chi connectivity index (χ2v) is 3.91. The Kier molecular flexibility index (Phi) is 3.92. The molecule has 0 aliphatic rings. The number of carbonyl (C=O) groups excluding carboxylic acids is 1. The fourth-order valence-corrected chi connectivity index (χ4v) is 1.57. The molecule has 0 radical (unpaired) electrons. The second-order valence-electron chi connectivity index (χ2n) is 3.91. The van der Waals surface area contributed by atoms with Crippen LogP contribution in [0.5, 0.6) is 0 Å². The average molecular weight is 259 g/mol. The van der Waals surface area contributed by atoms with Crippen LogP contribution in [0.15, 0.2) is 36.4 Å². The van der Waals surface area contributed by atoms with Gasteiger partial charge in [0.1, 0.15) is 12.4 Å². The molecule has 1 heterocycles. The summed E-state index contributed by atoms with van der Waals surface area (Å²) in [7, 11) is 0. The number of carbonyl (C=O) groups is 2. The summed E-state index contributed by atoms with van der Waals surface area (Å²) in [5.74, 6) is -0.890. The van der Waals surface area contributed by atoms with Crippen molar-refractivity contribution in [1.29, 1.82) is 0 Å². The van der Waals surface area contributed by atoms with Crippen LogP contribution in [0.25, 0.3) is 10.9 Å². The van der Waals surface area contributed by atoms with E-state index in [0.29, 0.717) is 5.82 Å². The Balaban J connectivity index is 1.94. The predicted octanol–water partition coefficient (Wildman–Crippen LogP) is 0.847. The Labute approximate surface area is 109 Å². The number of amides is 1. The fraction of sp³-hybridized carbons (Fsp3) is 0.154. The first kappa shape index (κ1) is 12.8. The molecular weight excluding hydrogens is 246 g/mol. The van der Waals surface area contributed by atoms with Crippen molar-refractivity contribution in [2.75, 3.05) is 18.4 Å². The summed E-state index contributed by atoms with van der Waals surface area (Å²) in [5, 5.41) is 14.5. The molecule has 6 heteroatoms. The zero-order valence-corrected chi connectivity index (χ0v) is 10.1. The molecule has 6 nitrogen and oxygen atoms in total. The van der Waals surface area contributed by atoms with Crippen LogP contribution in [0, 0.1) is 0 Å². The van der Waals surface area contributed by atoms with Gasteiger partial charge in [-0.15, -0.1) is 0 Å². The maximum atomic E-state index is 11.3. The number of hydrogen-bond acceptors (Lipinski definition) is 4. The SMILES string of the molecule is O=C(O)CNC(=O)CNc1ccc2ccccc2n1. The highest BCUT2D eigenvalue weighted by Crippen LogP contribution is 2.13. The summed E-state index contributed by atoms with van der Waals surface area (Å²) in [5.41, 5.74) is 0.832. The van der Waals surface area contributed by atoms with Gasteiger partial charge in [-0.25, -0.2) is 4.98 Å². The highest BCUT2D eigenvalue weighted by Gasteiger charge is 2.04. The Morgan fingerprint density at radius 1 is 1.11 bits per heavy atom. The lowest BCUT2D eigenvalue weighted by Crippen LogP contribution is -2.33. The topological polar surface area (TPSA) is 91.3 Å². The first-order valence-corrected chi connectivity index (χ1v) is 5.73. The predicted molar refractivity (Wildman–Crippen MR) is 70.9 cm³/mol. The van der Waals surface area contributed by atoms with E-state index in [2.05, 4.69) is 15.6 Å². The fourth-order valence-electron chi connectivity index (χ4n) is 1.57. The van der Waals surface area contributed by atoms with Crippen LogP contribution in [0.2, 0.25) is 0 Å². The molecule has 0 saturated carbocycles. The molecule has 2 rings (SSSR count). The maximum absolute atomic E-state index is 11.3. The molecule has 0 aliphatic carbocycles. The largest absolute Gasteiger partial charge is 0.480 e. The van der Waals surface area contributed by atoms with Crippen LogP contribution in [0.1, 0.15) is 0 Å². The molecule has 0 bridgehead atoms. The van der Waals surface area contributed by atoms with E-state index in [4.69, 9.17) is 5.11 Å². The molecule has 1 amide bonds. The quantitative estimate of drug-likeness (QED) is 0.740. The van der Waals surface area contributed by atoms with Gasteiger partial charge < -0.3 is 15.7 Å². The van der Waals surface area contributed by atoms with E-state index in [1.54, 1.807) is 6.07 Å². The van der Waals surface area contributed by atoms with Gasteiger partial charge in [0, 0.05) is 5.39 Å². The van der Waals surface area contributed by atoms with Crippen molar-refractivity contribution < 1.29 is 14.7 Å². The third-order valence-corrected chi connectivity index (χ3v) is 2.47. The summed E-state index contributed by atoms with van der Waals surface area (Å²) >= 11 is 0. The van der Waals surface area contributed by atoms with Crippen molar-refractivity contribution in [1.82, 2.24) is 10.3 Å². The minimum absolute atomic E-state index is 0.0153. The van der Waals surface area contributed by atoms with Crippen molar-refractivity contribution in [3.8, 4) is 0 Å². The number of rotatable bonds is 5. The van der Waals surface area contributed by atoms with E-state index in [1.165, 1.54) is 0 Å². The summed E-state index contributed by atoms with van der Waals surface area (Å²) in [4.78, 5) is 25.9. The van der Waals surface area contributed by atoms with Crippen LogP contribution in [0.3, 0.4) is 0 Å². The molecule has 19 heavy (non-hydrogen) atoms. The summed E-state index contributed by atoms with van der Waals surface area (Å²) in [6, 6.07) is 11.3. The number of para-hydroxylation sites is 1. The standard InChI is InChI=1S/C13H13N3O3/c17-12(15-8-13(18)19)7-14-11-6-5-9-3-1-2-4-10(9)16-11/h1-6H,7-8H2,(H,14,16)(H,15,17)(H,18,19). The average Bonchev–Trinajstić information content (AvgIpc) is 2.42. The number of carboxylic acids is 1. The minimum Gasteiger partial charge on any atom is -0.480 e. The van der Waals surface area contributed by atoms with Crippen LogP contribution in [0.4, 0.5) is 5.82 Å². The normalized spacial score (nSPS) is 10.1. The van der Waals surface area contributed by atoms with Gasteiger partial charge in [0.25, 0.3) is 0 Å². The van der Waals surface area contributed by atoms with Crippen molar-refractivity contribution in [2.45, 2.75) is 0 Å². The number of hydrogen-bond donors (Lipinski definition) is 3. The smallest absolute Gasteiger partial charge is 0.322 e. The van der Waals surface area contributed by atoms with Gasteiger partial charge in [0.05, 0.1) is 12.1 Å². The molecule has 0 aliphatic heterocycles. The lowest BCUT2D eigenvalue weighted by atomic mass is 10.2. The molecule has 3 N–H and O–H groups in total. The number of pyridine rings is 1. The first-order valence-electron chi connectivity index (χ1n) is 5.73. The number of fused-ring (bicyclic) bond motifs is 1. The zero-order valence-electron chi connectivity index (χ0n) is 10.1. The van der Waals surface area contributed by atoms with Crippen LogP contribution in [-0.4, -0.2) is 35.1 Å². The zero-order chi connectivity index (χ0) is 13.7. The van der Waals surface area contributed by atoms with Gasteiger partial charge in [-0.3, -0.25) is 9.59 Å². The lowest BCUT2D eigenvalue weighted by Gasteiger charge is -2.06. The Bertz CT molecular complexity index is 613. The molecule has 98 valence electrons. The Morgan fingerprint density at radius 3 is 2.68 bits per heavy atom. The van der Waals surface area contributed by atoms with Gasteiger partial charge in [0.15, 0.2) is 0 Å². The van der Waals surface area contributed by atoms with Crippen molar-refractivity contribution in [3.05, 3.63) is 36.4 Å². The molecule has 1 aromatic carbocycles. The summed E-state index contributed by atoms with van der Waals surface area (Å²) in [6.45, 7) is -0.399. The molecule has 0 spiro atoms. The van der Waals surface area contributed by atoms with E-state index in [0.717, 1.165) is 10.9 Å². The van der Waals surface area contributed by atoms with Gasteiger partial charge >= 0.3 is 5.97 Å². The number of benzene rings is 1. The highest BCUT2D eigenvalue weighted by atomic mass is 16.4. The van der Waals surface area contributed by atoms with Gasteiger partial charge in [-0.05, 0) is 18.2 Å². The second kappa shape index (κ2) is 5.81. The molecule has 2 aromatic rings. The van der Waals surface area contributed by atoms with E-state index < -0.39 is 11.9 Å². The van der Waals surface area contributed by atoms with Crippen molar-refractivity contribution in [2.24, 2.45) is 0 Å². The minimum atomic E-state index is -1.07. The molecule has 0 atom stereocenters. The Hall–Kier alpha value is -2.63. The van der Waals surface area contributed by atoms with E-state index in [9.17, 15) is 9.59 Å². The summed E-state index contributed by atoms with van der Waals surface area (Å²) < 4.78 is 0. The van der Waals surface area contributed by atoms with E-state index >= 15 is 0 Å². The van der Waals surface area contributed by atoms with E-state index in [-0.39, 0.29) is 13.1 Å². The first-order chi connectivity index (χ1) is 9.15. The van der Waals surface area contributed by atoms with Crippen LogP contribution >= 0.6 is 0 Å². The lowest BCUT2D eigenvalue weighted by molar-refractivity contribution is -0.137. The number of nitrogens with zero attached hydrogens (tertiary/aromatic N) is 1. The number of aliphatic carboxylic acids is 1. The molecule has 0 saturated heterocycles. The number of anilines is 1. The highest BCUT2D eigenvalue weighted by molar-refractivity contribution is 5.85. The Morgan fingerprint density at radius 2 is 1.89 bits per heavy atom. The van der Waals surface area contributed by atoms with Gasteiger partial charge in [-0.2, -0.15) is 0 Å². The molecular formula is C13H13N3O3. The maximum Gasteiger partial charge on any atom is 0.322 e. The van der Waals surface area contributed by atoms with Crippen LogP contribution < -0.4 is 10.6 Å². The third-order valence-electron chi connectivity index (χ3n) is 2.47. The molecule has 1 aromatic heterocycles. The monoisotopic (exact) mass is 259 g/mol. The van der Waals surface area contributed by atoms with Crippen molar-refractivity contribution >= 4 is 28.6 Å². The van der Waals surface area contributed by atoms with Crippen molar-refractivity contribution in [3.63, 3.8) is 0 Å². The van der Waals surface area contributed by atoms with E-state index in [1.807, 2.05) is 30.3 Å². The van der Waals surface area contributed by atoms with Crippen LogP contribution in [-0.2, 0) is 9.59 Å². The number of carboxylic acid groups (broad SMARTS) is 1. The van der Waals surface area contributed by atoms with Gasteiger partial charge in [0.2, 0.25) is 5.91 Å². The summed E-state index contributed by atoms with van der Waals surface area (Å²) in [6.07, 6.45) is 0.